The molecular weight excluding hydrogens is 259 g/mol. The van der Waals surface area contributed by atoms with Gasteiger partial charge in [0.25, 0.3) is 0 Å². The second kappa shape index (κ2) is 4.60. The topological polar surface area (TPSA) is 54.4 Å². The van der Waals surface area contributed by atoms with Crippen LogP contribution in [-0.2, 0) is 15.5 Å². The van der Waals surface area contributed by atoms with Gasteiger partial charge in [-0.3, -0.25) is 0 Å². The van der Waals surface area contributed by atoms with Crippen LogP contribution in [-0.4, -0.2) is 19.3 Å². The molecule has 1 rings (SSSR count). The zero-order chi connectivity index (χ0) is 11.6. The van der Waals surface area contributed by atoms with Crippen molar-refractivity contribution in [3.63, 3.8) is 0 Å². The Labute approximate surface area is 98.1 Å². The first-order valence-electron chi connectivity index (χ1n) is 4.20. The van der Waals surface area contributed by atoms with Crippen LogP contribution >= 0.6 is 22.3 Å². The highest BCUT2D eigenvalue weighted by molar-refractivity contribution is 8.13. The van der Waals surface area contributed by atoms with Crippen LogP contribution in [0.4, 0.5) is 0 Å². The minimum Gasteiger partial charge on any atom is -0.508 e. The minimum atomic E-state index is -3.55. The molecule has 84 valence electrons. The van der Waals surface area contributed by atoms with Gasteiger partial charge in [-0.25, -0.2) is 8.42 Å². The average Bonchev–Trinajstić information content (AvgIpc) is 2.10. The third kappa shape index (κ3) is 3.55. The van der Waals surface area contributed by atoms with E-state index in [-0.39, 0.29) is 17.9 Å². The lowest BCUT2D eigenvalue weighted by atomic mass is 10.1. The first-order valence-corrected chi connectivity index (χ1v) is 7.06. The third-order valence-corrected chi connectivity index (χ3v) is 3.67. The van der Waals surface area contributed by atoms with Crippen molar-refractivity contribution >= 4 is 31.3 Å². The quantitative estimate of drug-likeness (QED) is 0.857. The molecule has 0 aliphatic heterocycles. The number of hydrogen-bond donors (Lipinski definition) is 1. The summed E-state index contributed by atoms with van der Waals surface area (Å²) < 4.78 is 21.5. The van der Waals surface area contributed by atoms with Gasteiger partial charge in [-0.05, 0) is 36.6 Å². The Kier molecular flexibility index (Phi) is 3.87. The van der Waals surface area contributed by atoms with E-state index in [1.807, 2.05) is 0 Å². The predicted molar refractivity (Wildman–Crippen MR) is 61.2 cm³/mol. The Hall–Kier alpha value is -0.450. The first-order chi connectivity index (χ1) is 6.81. The number of benzene rings is 1. The molecule has 1 aromatic carbocycles. The highest BCUT2D eigenvalue weighted by Gasteiger charge is 2.12. The summed E-state index contributed by atoms with van der Waals surface area (Å²) in [6.07, 6.45) is 0.157. The lowest BCUT2D eigenvalue weighted by Crippen LogP contribution is -2.03. The highest BCUT2D eigenvalue weighted by Crippen LogP contribution is 2.27. The smallest absolute Gasteiger partial charge is 0.232 e. The summed E-state index contributed by atoms with van der Waals surface area (Å²) in [6.45, 7) is 1.72. The molecule has 15 heavy (non-hydrogen) atoms. The molecule has 0 aliphatic carbocycles. The molecule has 0 bridgehead atoms. The van der Waals surface area contributed by atoms with Crippen LogP contribution in [0.15, 0.2) is 12.1 Å². The van der Waals surface area contributed by atoms with Crippen LogP contribution < -0.4 is 0 Å². The van der Waals surface area contributed by atoms with Gasteiger partial charge in [-0.2, -0.15) is 0 Å². The Morgan fingerprint density at radius 1 is 1.40 bits per heavy atom. The summed E-state index contributed by atoms with van der Waals surface area (Å²) in [5.41, 5.74) is 1.20. The van der Waals surface area contributed by atoms with Gasteiger partial charge >= 0.3 is 0 Å². The predicted octanol–water partition coefficient (Wildman–Crippen LogP) is 2.47. The molecule has 1 aromatic rings. The molecule has 0 radical (unpaired) electrons. The van der Waals surface area contributed by atoms with Crippen molar-refractivity contribution < 1.29 is 13.5 Å². The summed E-state index contributed by atoms with van der Waals surface area (Å²) in [6, 6.07) is 3.00. The van der Waals surface area contributed by atoms with Crippen LogP contribution in [0.2, 0.25) is 5.02 Å². The fourth-order valence-electron chi connectivity index (χ4n) is 1.25. The fraction of sp³-hybridized carbons (Fsp3) is 0.333. The van der Waals surface area contributed by atoms with Crippen LogP contribution in [0.3, 0.4) is 0 Å². The van der Waals surface area contributed by atoms with Crippen molar-refractivity contribution in [1.29, 1.82) is 0 Å². The lowest BCUT2D eigenvalue weighted by Gasteiger charge is -2.08. The largest absolute Gasteiger partial charge is 0.508 e. The molecule has 0 heterocycles. The van der Waals surface area contributed by atoms with Crippen molar-refractivity contribution in [2.24, 2.45) is 0 Å². The van der Waals surface area contributed by atoms with E-state index >= 15 is 0 Å². The third-order valence-electron chi connectivity index (χ3n) is 2.10. The van der Waals surface area contributed by atoms with E-state index in [1.165, 1.54) is 6.07 Å². The van der Waals surface area contributed by atoms with E-state index in [0.717, 1.165) is 0 Å². The van der Waals surface area contributed by atoms with E-state index in [9.17, 15) is 13.5 Å². The number of hydrogen-bond acceptors (Lipinski definition) is 3. The summed E-state index contributed by atoms with van der Waals surface area (Å²) in [4.78, 5) is 0. The van der Waals surface area contributed by atoms with Gasteiger partial charge in [0.05, 0.1) is 5.75 Å². The van der Waals surface area contributed by atoms with E-state index in [0.29, 0.717) is 16.1 Å². The Balaban J connectivity index is 2.99. The average molecular weight is 269 g/mol. The highest BCUT2D eigenvalue weighted by atomic mass is 35.7. The molecule has 0 fully saturated rings. The van der Waals surface area contributed by atoms with Gasteiger partial charge in [-0.1, -0.05) is 11.6 Å². The van der Waals surface area contributed by atoms with Crippen molar-refractivity contribution in [2.75, 3.05) is 5.75 Å². The number of rotatable bonds is 3. The maximum atomic E-state index is 10.8. The molecule has 0 aliphatic rings. The maximum absolute atomic E-state index is 10.8. The SMILES string of the molecule is Cc1c(Cl)ccc(O)c1CCS(=O)(=O)Cl. The standard InChI is InChI=1S/C9H10Cl2O3S/c1-6-7(4-5-15(11,13)14)9(12)3-2-8(6)10/h2-3,12H,4-5H2,1H3. The van der Waals surface area contributed by atoms with E-state index in [1.54, 1.807) is 13.0 Å². The number of phenols is 1. The van der Waals surface area contributed by atoms with Gasteiger partial charge in [0.1, 0.15) is 5.75 Å². The minimum absolute atomic E-state index is 0.0391. The second-order valence-corrected chi connectivity index (χ2v) is 6.47. The van der Waals surface area contributed by atoms with Crippen molar-refractivity contribution in [2.45, 2.75) is 13.3 Å². The number of aromatic hydroxyl groups is 1. The van der Waals surface area contributed by atoms with Crippen LogP contribution in [0.25, 0.3) is 0 Å². The van der Waals surface area contributed by atoms with Crippen LogP contribution in [0.5, 0.6) is 5.75 Å². The molecule has 0 unspecified atom stereocenters. The van der Waals surface area contributed by atoms with E-state index in [2.05, 4.69) is 0 Å². The monoisotopic (exact) mass is 268 g/mol. The lowest BCUT2D eigenvalue weighted by molar-refractivity contribution is 0.468. The molecule has 0 atom stereocenters. The zero-order valence-corrected chi connectivity index (χ0v) is 10.3. The maximum Gasteiger partial charge on any atom is 0.232 e. The summed E-state index contributed by atoms with van der Waals surface area (Å²) in [5.74, 6) is -0.180. The van der Waals surface area contributed by atoms with Crippen molar-refractivity contribution in [1.82, 2.24) is 0 Å². The van der Waals surface area contributed by atoms with E-state index in [4.69, 9.17) is 22.3 Å². The van der Waals surface area contributed by atoms with Crippen molar-refractivity contribution in [3.05, 3.63) is 28.3 Å². The van der Waals surface area contributed by atoms with E-state index < -0.39 is 9.05 Å². The molecule has 3 nitrogen and oxygen atoms in total. The van der Waals surface area contributed by atoms with Gasteiger partial charge in [0.2, 0.25) is 9.05 Å². The molecular formula is C9H10Cl2O3S. The van der Waals surface area contributed by atoms with Gasteiger partial charge in [-0.15, -0.1) is 0 Å². The molecule has 0 saturated carbocycles. The molecule has 0 saturated heterocycles. The second-order valence-electron chi connectivity index (χ2n) is 3.16. The Bertz CT molecular complexity index is 468. The van der Waals surface area contributed by atoms with Crippen LogP contribution in [0.1, 0.15) is 11.1 Å². The van der Waals surface area contributed by atoms with Crippen LogP contribution in [0, 0.1) is 6.92 Å². The molecule has 0 aromatic heterocycles. The fourth-order valence-corrected chi connectivity index (χ4v) is 2.11. The first kappa shape index (κ1) is 12.6. The van der Waals surface area contributed by atoms with Gasteiger partial charge < -0.3 is 5.11 Å². The van der Waals surface area contributed by atoms with Gasteiger partial charge in [0, 0.05) is 15.7 Å². The molecule has 0 amide bonds. The summed E-state index contributed by atoms with van der Waals surface area (Å²) in [5, 5.41) is 10.0. The van der Waals surface area contributed by atoms with Gasteiger partial charge in [0.15, 0.2) is 0 Å². The van der Waals surface area contributed by atoms with Crippen molar-refractivity contribution in [3.8, 4) is 5.75 Å². The molecule has 6 heteroatoms. The molecule has 1 N–H and O–H groups in total. The summed E-state index contributed by atoms with van der Waals surface area (Å²) in [7, 11) is 1.53. The summed E-state index contributed by atoms with van der Waals surface area (Å²) >= 11 is 5.84. The number of phenolic OH excluding ortho intramolecular Hbond substituents is 1. The Morgan fingerprint density at radius 2 is 2.00 bits per heavy atom. The number of halogens is 2. The Morgan fingerprint density at radius 3 is 2.53 bits per heavy atom. The normalized spacial score (nSPS) is 11.7. The zero-order valence-electron chi connectivity index (χ0n) is 8.00. The molecule has 0 spiro atoms.